The van der Waals surface area contributed by atoms with E-state index in [4.69, 9.17) is 14.2 Å². The van der Waals surface area contributed by atoms with Crippen LogP contribution in [-0.2, 0) is 4.79 Å². The highest BCUT2D eigenvalue weighted by Crippen LogP contribution is 2.41. The van der Waals surface area contributed by atoms with E-state index in [0.29, 0.717) is 22.9 Å². The highest BCUT2D eigenvalue weighted by atomic mass is 32.1. The molecule has 1 heterocycles. The number of nitrogens with zero attached hydrogens (tertiary/aromatic N) is 2. The van der Waals surface area contributed by atoms with Crippen molar-refractivity contribution in [1.82, 2.24) is 5.32 Å². The smallest absolute Gasteiger partial charge is 0.266 e. The Kier molecular flexibility index (Phi) is 5.66. The minimum absolute atomic E-state index is 0.0778. The Morgan fingerprint density at radius 2 is 1.71 bits per heavy atom. The van der Waals surface area contributed by atoms with Crippen molar-refractivity contribution >= 4 is 24.2 Å². The molecular formula is C20H19N3O4S. The number of nitriles is 1. The number of hydrogen-bond donors (Lipinski definition) is 2. The SMILES string of the molecule is COc1ccc(C2NC(=O)C(C#N)=C(S)N2c2ccccc2OC)cc1OC. The number of benzene rings is 2. The third-order valence-electron chi connectivity index (χ3n) is 4.38. The molecule has 0 saturated carbocycles. The molecule has 0 saturated heterocycles. The molecule has 0 spiro atoms. The predicted molar refractivity (Wildman–Crippen MR) is 108 cm³/mol. The quantitative estimate of drug-likeness (QED) is 0.755. The monoisotopic (exact) mass is 397 g/mol. The van der Waals surface area contributed by atoms with Gasteiger partial charge in [-0.3, -0.25) is 4.79 Å². The van der Waals surface area contributed by atoms with E-state index in [-0.39, 0.29) is 10.6 Å². The molecule has 0 aliphatic carbocycles. The number of rotatable bonds is 5. The first-order valence-corrected chi connectivity index (χ1v) is 8.78. The lowest BCUT2D eigenvalue weighted by Gasteiger charge is -2.38. The van der Waals surface area contributed by atoms with E-state index >= 15 is 0 Å². The third kappa shape index (κ3) is 3.32. The summed E-state index contributed by atoms with van der Waals surface area (Å²) in [5, 5.41) is 12.5. The van der Waals surface area contributed by atoms with Gasteiger partial charge in [0.25, 0.3) is 5.91 Å². The molecule has 1 amide bonds. The minimum Gasteiger partial charge on any atom is -0.495 e. The maximum atomic E-state index is 12.5. The second-order valence-corrected chi connectivity index (χ2v) is 6.27. The van der Waals surface area contributed by atoms with Crippen LogP contribution < -0.4 is 24.4 Å². The van der Waals surface area contributed by atoms with Crippen LogP contribution in [0.5, 0.6) is 17.2 Å². The number of anilines is 1. The predicted octanol–water partition coefficient (Wildman–Crippen LogP) is 3.01. The van der Waals surface area contributed by atoms with Gasteiger partial charge in [0.2, 0.25) is 0 Å². The van der Waals surface area contributed by atoms with Crippen molar-refractivity contribution in [3.8, 4) is 23.3 Å². The fraction of sp³-hybridized carbons (Fsp3) is 0.200. The molecule has 144 valence electrons. The number of methoxy groups -OCH3 is 3. The minimum atomic E-state index is -0.631. The Hall–Kier alpha value is -3.31. The first-order chi connectivity index (χ1) is 13.5. The zero-order chi connectivity index (χ0) is 20.3. The molecule has 3 rings (SSSR count). The Labute approximate surface area is 168 Å². The second kappa shape index (κ2) is 8.15. The van der Waals surface area contributed by atoms with Crippen LogP contribution in [0.1, 0.15) is 11.7 Å². The second-order valence-electron chi connectivity index (χ2n) is 5.84. The summed E-state index contributed by atoms with van der Waals surface area (Å²) in [6.07, 6.45) is -0.631. The third-order valence-corrected chi connectivity index (χ3v) is 4.82. The number of thiol groups is 1. The first kappa shape index (κ1) is 19.5. The van der Waals surface area contributed by atoms with E-state index < -0.39 is 12.1 Å². The fourth-order valence-corrected chi connectivity index (χ4v) is 3.42. The average Bonchev–Trinajstić information content (AvgIpc) is 2.73. The number of para-hydroxylation sites is 2. The van der Waals surface area contributed by atoms with E-state index in [1.165, 1.54) is 7.11 Å². The maximum Gasteiger partial charge on any atom is 0.266 e. The maximum absolute atomic E-state index is 12.5. The van der Waals surface area contributed by atoms with Crippen LogP contribution in [0.2, 0.25) is 0 Å². The Morgan fingerprint density at radius 3 is 2.36 bits per heavy atom. The number of carbonyl (C=O) groups excluding carboxylic acids is 1. The molecule has 0 bridgehead atoms. The summed E-state index contributed by atoms with van der Waals surface area (Å²) in [7, 11) is 4.64. The van der Waals surface area contributed by atoms with Gasteiger partial charge in [0.1, 0.15) is 23.6 Å². The van der Waals surface area contributed by atoms with Crippen molar-refractivity contribution in [2.24, 2.45) is 0 Å². The number of ether oxygens (including phenoxy) is 3. The molecule has 28 heavy (non-hydrogen) atoms. The fourth-order valence-electron chi connectivity index (χ4n) is 3.04. The molecule has 7 nitrogen and oxygen atoms in total. The zero-order valence-electron chi connectivity index (χ0n) is 15.6. The van der Waals surface area contributed by atoms with E-state index in [1.54, 1.807) is 37.3 Å². The summed E-state index contributed by atoms with van der Waals surface area (Å²) < 4.78 is 16.1. The largest absolute Gasteiger partial charge is 0.495 e. The lowest BCUT2D eigenvalue weighted by molar-refractivity contribution is -0.118. The summed E-state index contributed by atoms with van der Waals surface area (Å²) >= 11 is 4.50. The number of hydrogen-bond acceptors (Lipinski definition) is 7. The Morgan fingerprint density at radius 1 is 1.04 bits per heavy atom. The van der Waals surface area contributed by atoms with E-state index in [2.05, 4.69) is 17.9 Å². The Balaban J connectivity index is 2.20. The van der Waals surface area contributed by atoms with Crippen molar-refractivity contribution in [3.63, 3.8) is 0 Å². The van der Waals surface area contributed by atoms with Crippen LogP contribution in [0.15, 0.2) is 53.1 Å². The van der Waals surface area contributed by atoms with Gasteiger partial charge in [-0.1, -0.05) is 18.2 Å². The summed E-state index contributed by atoms with van der Waals surface area (Å²) in [6.45, 7) is 0. The van der Waals surface area contributed by atoms with Gasteiger partial charge < -0.3 is 24.4 Å². The van der Waals surface area contributed by atoms with Gasteiger partial charge >= 0.3 is 0 Å². The van der Waals surface area contributed by atoms with Gasteiger partial charge in [0, 0.05) is 0 Å². The van der Waals surface area contributed by atoms with Crippen LogP contribution in [0, 0.1) is 11.3 Å². The molecule has 2 aromatic carbocycles. The van der Waals surface area contributed by atoms with Gasteiger partial charge in [0.05, 0.1) is 32.0 Å². The van der Waals surface area contributed by atoms with Gasteiger partial charge in [-0.2, -0.15) is 5.26 Å². The Bertz CT molecular complexity index is 984. The van der Waals surface area contributed by atoms with Crippen LogP contribution in [-0.4, -0.2) is 27.2 Å². The normalized spacial score (nSPS) is 16.3. The number of carbonyl (C=O) groups is 1. The number of nitrogens with one attached hydrogen (secondary N) is 1. The average molecular weight is 397 g/mol. The molecule has 0 aromatic heterocycles. The zero-order valence-corrected chi connectivity index (χ0v) is 16.5. The van der Waals surface area contributed by atoms with E-state index in [0.717, 1.165) is 5.56 Å². The molecule has 1 N–H and O–H groups in total. The van der Waals surface area contributed by atoms with Gasteiger partial charge in [-0.15, -0.1) is 12.6 Å². The number of amides is 1. The molecular weight excluding hydrogens is 378 g/mol. The molecule has 0 radical (unpaired) electrons. The van der Waals surface area contributed by atoms with E-state index in [1.807, 2.05) is 30.3 Å². The lowest BCUT2D eigenvalue weighted by atomic mass is 10.1. The van der Waals surface area contributed by atoms with E-state index in [9.17, 15) is 10.1 Å². The van der Waals surface area contributed by atoms with Crippen LogP contribution in [0.4, 0.5) is 5.69 Å². The van der Waals surface area contributed by atoms with Gasteiger partial charge in [-0.05, 0) is 29.8 Å². The van der Waals surface area contributed by atoms with Crippen molar-refractivity contribution in [2.75, 3.05) is 26.2 Å². The summed E-state index contributed by atoms with van der Waals surface area (Å²) in [6, 6.07) is 14.6. The first-order valence-electron chi connectivity index (χ1n) is 8.34. The summed E-state index contributed by atoms with van der Waals surface area (Å²) in [5.41, 5.74) is 1.30. The van der Waals surface area contributed by atoms with Gasteiger partial charge in [-0.25, -0.2) is 0 Å². The van der Waals surface area contributed by atoms with Crippen molar-refractivity contribution < 1.29 is 19.0 Å². The molecule has 1 unspecified atom stereocenters. The molecule has 1 aliphatic rings. The molecule has 8 heteroatoms. The summed E-state index contributed by atoms with van der Waals surface area (Å²) in [5.74, 6) is 1.16. The van der Waals surface area contributed by atoms with Crippen LogP contribution >= 0.6 is 12.6 Å². The van der Waals surface area contributed by atoms with Crippen molar-refractivity contribution in [1.29, 1.82) is 5.26 Å². The highest BCUT2D eigenvalue weighted by Gasteiger charge is 2.35. The van der Waals surface area contributed by atoms with Crippen molar-refractivity contribution in [2.45, 2.75) is 6.17 Å². The summed E-state index contributed by atoms with van der Waals surface area (Å²) in [4.78, 5) is 14.2. The van der Waals surface area contributed by atoms with Gasteiger partial charge in [0.15, 0.2) is 11.5 Å². The van der Waals surface area contributed by atoms with Crippen LogP contribution in [0.25, 0.3) is 0 Å². The highest BCUT2D eigenvalue weighted by molar-refractivity contribution is 7.84. The van der Waals surface area contributed by atoms with Crippen LogP contribution in [0.3, 0.4) is 0 Å². The molecule has 0 fully saturated rings. The molecule has 1 aliphatic heterocycles. The molecule has 2 aromatic rings. The topological polar surface area (TPSA) is 83.8 Å². The lowest BCUT2D eigenvalue weighted by Crippen LogP contribution is -2.46. The standard InChI is InChI=1S/C20H19N3O4S/c1-25-15-7-5-4-6-14(15)23-18(22-19(24)13(11-21)20(23)28)12-8-9-16(26-2)17(10-12)27-3/h4-10,18,28H,1-3H3,(H,22,24). The molecule has 1 atom stereocenters. The van der Waals surface area contributed by atoms with Crippen molar-refractivity contribution in [3.05, 3.63) is 58.6 Å².